The van der Waals surface area contributed by atoms with Crippen LogP contribution in [0.3, 0.4) is 0 Å². The van der Waals surface area contributed by atoms with E-state index in [4.69, 9.17) is 15.2 Å². The highest BCUT2D eigenvalue weighted by molar-refractivity contribution is 5.75. The molecule has 0 spiro atoms. The number of anilines is 2. The highest BCUT2D eigenvalue weighted by atomic mass is 19.4. The fourth-order valence-corrected chi connectivity index (χ4v) is 4.42. The predicted molar refractivity (Wildman–Crippen MR) is 126 cm³/mol. The van der Waals surface area contributed by atoms with E-state index in [1.54, 1.807) is 23.9 Å². The van der Waals surface area contributed by atoms with E-state index in [0.717, 1.165) is 25.8 Å². The van der Waals surface area contributed by atoms with Crippen molar-refractivity contribution >= 4 is 17.5 Å². The second-order valence-electron chi connectivity index (χ2n) is 10.3. The van der Waals surface area contributed by atoms with Gasteiger partial charge in [0.05, 0.1) is 23.5 Å². The third-order valence-electron chi connectivity index (χ3n) is 6.40. The second kappa shape index (κ2) is 9.71. The molecular formula is C24H37F3N4O3. The Balaban J connectivity index is 1.69. The number of likely N-dealkylation sites (N-methyl/N-ethyl adjacent to an activating group) is 2. The Morgan fingerprint density at radius 2 is 1.82 bits per heavy atom. The van der Waals surface area contributed by atoms with Crippen molar-refractivity contribution in [2.75, 3.05) is 44.4 Å². The first kappa shape index (κ1) is 26.2. The first-order chi connectivity index (χ1) is 15.7. The molecule has 1 heterocycles. The molecule has 1 aromatic carbocycles. The zero-order valence-electron chi connectivity index (χ0n) is 20.9. The van der Waals surface area contributed by atoms with Crippen LogP contribution < -0.4 is 15.4 Å². The number of hydrogen-bond donors (Lipinski definition) is 1. The maximum atomic E-state index is 14.0. The second-order valence-corrected chi connectivity index (χ2v) is 10.3. The first-order valence-corrected chi connectivity index (χ1v) is 11.8. The number of carbonyl (C=O) groups excluding carboxylic acids is 1. The summed E-state index contributed by atoms with van der Waals surface area (Å²) in [5.41, 5.74) is 4.63. The molecule has 0 bridgehead atoms. The minimum Gasteiger partial charge on any atom is -0.490 e. The van der Waals surface area contributed by atoms with Gasteiger partial charge in [-0.1, -0.05) is 0 Å². The van der Waals surface area contributed by atoms with Gasteiger partial charge in [0.2, 0.25) is 0 Å². The number of halogens is 3. The molecule has 2 fully saturated rings. The first-order valence-electron chi connectivity index (χ1n) is 11.8. The quantitative estimate of drug-likeness (QED) is 0.569. The SMILES string of the molecule is C[C@H]1[C@H](N(C)C(=O)OC(C)(C)C)CCN1CCN(C)c1c(N)ccc(OC2CC2)c1C(F)(F)F. The van der Waals surface area contributed by atoms with Crippen LogP contribution >= 0.6 is 0 Å². The molecule has 192 valence electrons. The van der Waals surface area contributed by atoms with E-state index >= 15 is 0 Å². The molecule has 0 radical (unpaired) electrons. The molecule has 10 heteroatoms. The molecule has 0 unspecified atom stereocenters. The lowest BCUT2D eigenvalue weighted by atomic mass is 10.1. The van der Waals surface area contributed by atoms with E-state index in [1.165, 1.54) is 12.1 Å². The van der Waals surface area contributed by atoms with Gasteiger partial charge >= 0.3 is 12.3 Å². The van der Waals surface area contributed by atoms with E-state index in [-0.39, 0.29) is 41.4 Å². The summed E-state index contributed by atoms with van der Waals surface area (Å²) in [5, 5.41) is 0. The Morgan fingerprint density at radius 1 is 1.18 bits per heavy atom. The summed E-state index contributed by atoms with van der Waals surface area (Å²) in [6.45, 7) is 9.10. The number of ether oxygens (including phenoxy) is 2. The number of likely N-dealkylation sites (tertiary alicyclic amines) is 1. The van der Waals surface area contributed by atoms with Crippen molar-refractivity contribution in [2.24, 2.45) is 0 Å². The molecule has 1 amide bonds. The van der Waals surface area contributed by atoms with Crippen LogP contribution in [-0.2, 0) is 10.9 Å². The van der Waals surface area contributed by atoms with Crippen molar-refractivity contribution in [1.82, 2.24) is 9.80 Å². The van der Waals surface area contributed by atoms with Crippen molar-refractivity contribution in [2.45, 2.75) is 76.9 Å². The summed E-state index contributed by atoms with van der Waals surface area (Å²) in [4.78, 5) is 17.8. The van der Waals surface area contributed by atoms with Gasteiger partial charge in [-0.25, -0.2) is 4.79 Å². The fraction of sp³-hybridized carbons (Fsp3) is 0.708. The lowest BCUT2D eigenvalue weighted by Gasteiger charge is -2.33. The lowest BCUT2D eigenvalue weighted by molar-refractivity contribution is -0.138. The van der Waals surface area contributed by atoms with Gasteiger partial charge in [-0.15, -0.1) is 0 Å². The molecule has 0 aromatic heterocycles. The molecule has 2 N–H and O–H groups in total. The van der Waals surface area contributed by atoms with Gasteiger partial charge in [0.25, 0.3) is 0 Å². The molecule has 2 aliphatic rings. The molecular weight excluding hydrogens is 449 g/mol. The molecule has 1 aliphatic carbocycles. The summed E-state index contributed by atoms with van der Waals surface area (Å²) in [6.07, 6.45) is -2.84. The number of hydrogen-bond acceptors (Lipinski definition) is 6. The summed E-state index contributed by atoms with van der Waals surface area (Å²) in [7, 11) is 3.35. The van der Waals surface area contributed by atoms with Gasteiger partial charge in [-0.2, -0.15) is 13.2 Å². The minimum absolute atomic E-state index is 0.0359. The van der Waals surface area contributed by atoms with Gasteiger partial charge in [-0.05, 0) is 59.1 Å². The van der Waals surface area contributed by atoms with Crippen LogP contribution in [-0.4, -0.2) is 73.4 Å². The van der Waals surface area contributed by atoms with Crippen LogP contribution in [0.4, 0.5) is 29.3 Å². The van der Waals surface area contributed by atoms with Gasteiger partial charge in [0, 0.05) is 39.8 Å². The number of amides is 1. The molecule has 1 saturated carbocycles. The topological polar surface area (TPSA) is 71.3 Å². The summed E-state index contributed by atoms with van der Waals surface area (Å²) in [5.74, 6) is -0.167. The lowest BCUT2D eigenvalue weighted by Crippen LogP contribution is -2.47. The van der Waals surface area contributed by atoms with Gasteiger partial charge in [-0.3, -0.25) is 4.90 Å². The Kier molecular flexibility index (Phi) is 7.50. The Bertz CT molecular complexity index is 883. The summed E-state index contributed by atoms with van der Waals surface area (Å²) >= 11 is 0. The predicted octanol–water partition coefficient (Wildman–Crippen LogP) is 4.59. The summed E-state index contributed by atoms with van der Waals surface area (Å²) in [6, 6.07) is 2.79. The number of nitrogen functional groups attached to an aromatic ring is 1. The van der Waals surface area contributed by atoms with Crippen molar-refractivity contribution in [3.63, 3.8) is 0 Å². The number of nitrogens with two attached hydrogens (primary N) is 1. The Labute approximate surface area is 199 Å². The van der Waals surface area contributed by atoms with E-state index in [0.29, 0.717) is 13.1 Å². The maximum absolute atomic E-state index is 14.0. The van der Waals surface area contributed by atoms with E-state index in [1.807, 2.05) is 27.7 Å². The van der Waals surface area contributed by atoms with Crippen molar-refractivity contribution in [3.05, 3.63) is 17.7 Å². The van der Waals surface area contributed by atoms with Crippen molar-refractivity contribution in [1.29, 1.82) is 0 Å². The third-order valence-corrected chi connectivity index (χ3v) is 6.40. The molecule has 1 aromatic rings. The number of carbonyl (C=O) groups is 1. The maximum Gasteiger partial charge on any atom is 0.422 e. The summed E-state index contributed by atoms with van der Waals surface area (Å²) < 4.78 is 53.1. The van der Waals surface area contributed by atoms with E-state index < -0.39 is 17.3 Å². The number of rotatable bonds is 7. The minimum atomic E-state index is -4.59. The largest absolute Gasteiger partial charge is 0.490 e. The van der Waals surface area contributed by atoms with Crippen LogP contribution in [0.5, 0.6) is 5.75 Å². The van der Waals surface area contributed by atoms with Crippen LogP contribution in [0, 0.1) is 0 Å². The monoisotopic (exact) mass is 486 g/mol. The van der Waals surface area contributed by atoms with Crippen LogP contribution in [0.2, 0.25) is 0 Å². The van der Waals surface area contributed by atoms with Gasteiger partial charge < -0.3 is 25.0 Å². The molecule has 1 saturated heterocycles. The van der Waals surface area contributed by atoms with Crippen LogP contribution in [0.25, 0.3) is 0 Å². The number of nitrogens with zero attached hydrogens (tertiary/aromatic N) is 3. The van der Waals surface area contributed by atoms with E-state index in [2.05, 4.69) is 4.90 Å². The van der Waals surface area contributed by atoms with E-state index in [9.17, 15) is 18.0 Å². The Morgan fingerprint density at radius 3 is 2.38 bits per heavy atom. The highest BCUT2D eigenvalue weighted by Gasteiger charge is 2.41. The zero-order chi connectivity index (χ0) is 25.4. The Hall–Kier alpha value is -2.36. The van der Waals surface area contributed by atoms with Gasteiger partial charge in [0.15, 0.2) is 0 Å². The van der Waals surface area contributed by atoms with Crippen molar-refractivity contribution < 1.29 is 27.4 Å². The van der Waals surface area contributed by atoms with Crippen molar-refractivity contribution in [3.8, 4) is 5.75 Å². The zero-order valence-corrected chi connectivity index (χ0v) is 20.9. The molecule has 2 atom stereocenters. The molecule has 7 nitrogen and oxygen atoms in total. The number of alkyl halides is 3. The molecule has 3 rings (SSSR count). The average Bonchev–Trinajstić information content (AvgIpc) is 3.45. The van der Waals surface area contributed by atoms with Crippen LogP contribution in [0.1, 0.15) is 52.5 Å². The number of benzene rings is 1. The highest BCUT2D eigenvalue weighted by Crippen LogP contribution is 2.46. The van der Waals surface area contributed by atoms with Crippen LogP contribution in [0.15, 0.2) is 12.1 Å². The normalized spacial score (nSPS) is 21.4. The molecule has 1 aliphatic heterocycles. The standard InChI is InChI=1S/C24H37F3N4O3/c1-15-18(30(6)22(32)34-23(2,3)4)11-12-31(15)14-13-29(5)21-17(28)9-10-19(33-16-7-8-16)20(21)24(25,26)27/h9-10,15-16,18H,7-8,11-14,28H2,1-6H3/t15-,18+/m0/s1. The third kappa shape index (κ3) is 6.20. The molecule has 34 heavy (non-hydrogen) atoms. The smallest absolute Gasteiger partial charge is 0.422 e. The fourth-order valence-electron chi connectivity index (χ4n) is 4.42. The average molecular weight is 487 g/mol. The van der Waals surface area contributed by atoms with Gasteiger partial charge in [0.1, 0.15) is 16.9 Å².